The number of aromatic nitrogens is 2. The third-order valence-corrected chi connectivity index (χ3v) is 6.27. The molecule has 160 valence electrons. The molecule has 3 aromatic rings. The molecular formula is C22H28N4O3S. The number of hydrogen-bond acceptors (Lipinski definition) is 4. The van der Waals surface area contributed by atoms with Crippen LogP contribution in [0.3, 0.4) is 0 Å². The Morgan fingerprint density at radius 3 is 2.47 bits per heavy atom. The van der Waals surface area contributed by atoms with Gasteiger partial charge in [0.05, 0.1) is 27.2 Å². The number of sulfonamides is 1. The van der Waals surface area contributed by atoms with Crippen molar-refractivity contribution in [3.8, 4) is 0 Å². The van der Waals surface area contributed by atoms with E-state index in [0.717, 1.165) is 11.3 Å². The number of anilines is 1. The number of fused-ring (bicyclic) bond motifs is 1. The van der Waals surface area contributed by atoms with Gasteiger partial charge in [0.2, 0.25) is 0 Å². The third-order valence-electron chi connectivity index (χ3n) is 4.87. The minimum absolute atomic E-state index is 0.158. The molecule has 0 aliphatic carbocycles. The quantitative estimate of drug-likeness (QED) is 0.619. The molecule has 1 N–H and O–H groups in total. The monoisotopic (exact) mass is 428 g/mol. The average molecular weight is 429 g/mol. The minimum Gasteiger partial charge on any atom is -0.341 e. The van der Waals surface area contributed by atoms with E-state index in [1.807, 2.05) is 32.3 Å². The Bertz CT molecular complexity index is 1170. The number of carbonyl (C=O) groups is 1. The molecule has 30 heavy (non-hydrogen) atoms. The van der Waals surface area contributed by atoms with E-state index in [2.05, 4.69) is 9.71 Å². The Hall–Kier alpha value is -2.87. The first-order valence-corrected chi connectivity index (χ1v) is 11.5. The molecule has 7 nitrogen and oxygen atoms in total. The van der Waals surface area contributed by atoms with Gasteiger partial charge in [-0.2, -0.15) is 0 Å². The van der Waals surface area contributed by atoms with Crippen LogP contribution in [0.5, 0.6) is 0 Å². The minimum atomic E-state index is -3.78. The van der Waals surface area contributed by atoms with E-state index in [4.69, 9.17) is 0 Å². The van der Waals surface area contributed by atoms with E-state index in [1.165, 1.54) is 12.1 Å². The van der Waals surface area contributed by atoms with Gasteiger partial charge in [0.25, 0.3) is 15.9 Å². The molecule has 0 saturated heterocycles. The SMILES string of the molecule is CCn1c(C)nc2cc(NS(=O)(=O)c3ccccc3)cc(C(=O)N(C)CC(C)C)c21. The molecule has 1 amide bonds. The molecule has 0 unspecified atom stereocenters. The fourth-order valence-electron chi connectivity index (χ4n) is 3.64. The normalized spacial score (nSPS) is 11.8. The van der Waals surface area contributed by atoms with E-state index in [9.17, 15) is 13.2 Å². The summed E-state index contributed by atoms with van der Waals surface area (Å²) < 4.78 is 30.2. The number of imidazole rings is 1. The predicted octanol–water partition coefficient (Wildman–Crippen LogP) is 3.89. The van der Waals surface area contributed by atoms with Gasteiger partial charge in [0.15, 0.2) is 0 Å². The van der Waals surface area contributed by atoms with Gasteiger partial charge in [-0.05, 0) is 44.0 Å². The number of aryl methyl sites for hydroxylation is 2. The number of benzene rings is 2. The molecule has 1 heterocycles. The summed E-state index contributed by atoms with van der Waals surface area (Å²) in [4.78, 5) is 19.7. The second-order valence-corrected chi connectivity index (χ2v) is 9.48. The topological polar surface area (TPSA) is 84.3 Å². The number of carbonyl (C=O) groups excluding carboxylic acids is 1. The van der Waals surface area contributed by atoms with E-state index in [1.54, 1.807) is 42.3 Å². The summed E-state index contributed by atoms with van der Waals surface area (Å²) in [5, 5.41) is 0. The fraction of sp³-hybridized carbons (Fsp3) is 0.364. The Morgan fingerprint density at radius 2 is 1.87 bits per heavy atom. The third kappa shape index (κ3) is 4.33. The molecule has 2 aromatic carbocycles. The van der Waals surface area contributed by atoms with Crippen molar-refractivity contribution in [2.24, 2.45) is 5.92 Å². The Balaban J connectivity index is 2.13. The smallest absolute Gasteiger partial charge is 0.261 e. The van der Waals surface area contributed by atoms with E-state index in [0.29, 0.717) is 35.8 Å². The zero-order chi connectivity index (χ0) is 22.1. The number of hydrogen-bond donors (Lipinski definition) is 1. The molecule has 0 fully saturated rings. The van der Waals surface area contributed by atoms with Crippen molar-refractivity contribution in [3.63, 3.8) is 0 Å². The maximum atomic E-state index is 13.3. The van der Waals surface area contributed by atoms with E-state index in [-0.39, 0.29) is 10.8 Å². The zero-order valence-electron chi connectivity index (χ0n) is 18.0. The van der Waals surface area contributed by atoms with E-state index >= 15 is 0 Å². The highest BCUT2D eigenvalue weighted by Crippen LogP contribution is 2.28. The standard InChI is InChI=1S/C22H28N4O3S/c1-6-26-16(4)23-20-13-17(24-30(28,29)18-10-8-7-9-11-18)12-19(21(20)26)22(27)25(5)14-15(2)3/h7-13,15,24H,6,14H2,1-5H3. The average Bonchev–Trinajstić information content (AvgIpc) is 3.01. The summed E-state index contributed by atoms with van der Waals surface area (Å²) in [7, 11) is -2.02. The van der Waals surface area contributed by atoms with Crippen LogP contribution >= 0.6 is 0 Å². The molecule has 0 bridgehead atoms. The molecule has 0 radical (unpaired) electrons. The molecule has 0 atom stereocenters. The summed E-state index contributed by atoms with van der Waals surface area (Å²) in [6, 6.07) is 11.4. The molecule has 8 heteroatoms. The van der Waals surface area contributed by atoms with Crippen molar-refractivity contribution < 1.29 is 13.2 Å². The summed E-state index contributed by atoms with van der Waals surface area (Å²) >= 11 is 0. The fourth-order valence-corrected chi connectivity index (χ4v) is 4.70. The largest absolute Gasteiger partial charge is 0.341 e. The Labute approximate surface area is 177 Å². The van der Waals surface area contributed by atoms with Crippen molar-refractivity contribution in [3.05, 3.63) is 53.9 Å². The van der Waals surface area contributed by atoms with Crippen LogP contribution in [-0.4, -0.2) is 42.4 Å². The van der Waals surface area contributed by atoms with Crippen molar-refractivity contribution in [2.45, 2.75) is 39.1 Å². The van der Waals surface area contributed by atoms with Crippen LogP contribution in [0.1, 0.15) is 37.0 Å². The first kappa shape index (κ1) is 21.8. The van der Waals surface area contributed by atoms with Crippen LogP contribution in [0.25, 0.3) is 11.0 Å². The summed E-state index contributed by atoms with van der Waals surface area (Å²) in [5.41, 5.74) is 2.06. The van der Waals surface area contributed by atoms with Crippen LogP contribution in [0.4, 0.5) is 5.69 Å². The van der Waals surface area contributed by atoms with Crippen LogP contribution < -0.4 is 4.72 Å². The second kappa shape index (κ2) is 8.47. The number of rotatable bonds is 7. The van der Waals surface area contributed by atoms with Crippen molar-refractivity contribution in [1.29, 1.82) is 0 Å². The van der Waals surface area contributed by atoms with Gasteiger partial charge in [0.1, 0.15) is 5.82 Å². The summed E-state index contributed by atoms with van der Waals surface area (Å²) in [6.07, 6.45) is 0. The lowest BCUT2D eigenvalue weighted by Gasteiger charge is -2.21. The van der Waals surface area contributed by atoms with Gasteiger partial charge in [-0.25, -0.2) is 13.4 Å². The highest BCUT2D eigenvalue weighted by atomic mass is 32.2. The van der Waals surface area contributed by atoms with Crippen LogP contribution in [-0.2, 0) is 16.6 Å². The van der Waals surface area contributed by atoms with Crippen molar-refractivity contribution >= 4 is 32.7 Å². The van der Waals surface area contributed by atoms with Crippen molar-refractivity contribution in [1.82, 2.24) is 14.5 Å². The molecule has 0 saturated carbocycles. The summed E-state index contributed by atoms with van der Waals surface area (Å²) in [6.45, 7) is 9.22. The highest BCUT2D eigenvalue weighted by Gasteiger charge is 2.23. The molecule has 0 aliphatic rings. The number of nitrogens with zero attached hydrogens (tertiary/aromatic N) is 3. The Kier molecular flexibility index (Phi) is 6.17. The van der Waals surface area contributed by atoms with Gasteiger partial charge in [-0.3, -0.25) is 9.52 Å². The van der Waals surface area contributed by atoms with Gasteiger partial charge >= 0.3 is 0 Å². The van der Waals surface area contributed by atoms with Crippen LogP contribution in [0, 0.1) is 12.8 Å². The molecule has 1 aromatic heterocycles. The van der Waals surface area contributed by atoms with Crippen LogP contribution in [0.15, 0.2) is 47.4 Å². The molecule has 0 aliphatic heterocycles. The molecule has 3 rings (SSSR count). The molecule has 0 spiro atoms. The lowest BCUT2D eigenvalue weighted by molar-refractivity contribution is 0.0780. The second-order valence-electron chi connectivity index (χ2n) is 7.79. The molecular weight excluding hydrogens is 400 g/mol. The number of amides is 1. The van der Waals surface area contributed by atoms with Crippen LogP contribution in [0.2, 0.25) is 0 Å². The lowest BCUT2D eigenvalue weighted by atomic mass is 10.1. The maximum Gasteiger partial charge on any atom is 0.261 e. The highest BCUT2D eigenvalue weighted by molar-refractivity contribution is 7.92. The van der Waals surface area contributed by atoms with Crippen molar-refractivity contribution in [2.75, 3.05) is 18.3 Å². The van der Waals surface area contributed by atoms with Gasteiger partial charge in [-0.1, -0.05) is 32.0 Å². The van der Waals surface area contributed by atoms with Gasteiger partial charge in [-0.15, -0.1) is 0 Å². The first-order chi connectivity index (χ1) is 14.1. The zero-order valence-corrected chi connectivity index (χ0v) is 18.8. The maximum absolute atomic E-state index is 13.3. The number of nitrogens with one attached hydrogen (secondary N) is 1. The van der Waals surface area contributed by atoms with E-state index < -0.39 is 10.0 Å². The van der Waals surface area contributed by atoms with Gasteiger partial charge in [0, 0.05) is 20.1 Å². The first-order valence-electron chi connectivity index (χ1n) is 9.98. The Morgan fingerprint density at radius 1 is 1.20 bits per heavy atom. The predicted molar refractivity (Wildman–Crippen MR) is 119 cm³/mol. The lowest BCUT2D eigenvalue weighted by Crippen LogP contribution is -2.30. The van der Waals surface area contributed by atoms with Gasteiger partial charge < -0.3 is 9.47 Å². The summed E-state index contributed by atoms with van der Waals surface area (Å²) in [5.74, 6) is 0.923.